The molecular formula is C24H23F4N5. The van der Waals surface area contributed by atoms with Crippen molar-refractivity contribution in [1.82, 2.24) is 15.0 Å². The molecule has 2 aromatic heterocycles. The standard InChI is InChI=1S/C24H23F4N5/c1-13-8-9-18(25)23-22(13)16(14(2)30-23)10-11-33(21-12-20(29)31-15(3)32-21)19-7-5-4-6-17(19)24(26,27)28/h4-9,12,30H,10-11H2,1-3H3,(H2,29,31,32). The summed E-state index contributed by atoms with van der Waals surface area (Å²) in [6, 6.07) is 9.88. The SMILES string of the molecule is Cc1nc(N)cc(N(CCc2c(C)[nH]c3c(F)ccc(C)c23)c2ccccc2C(F)(F)F)n1. The number of nitrogens with zero attached hydrogens (tertiary/aromatic N) is 3. The average molecular weight is 457 g/mol. The summed E-state index contributed by atoms with van der Waals surface area (Å²) in [5.41, 5.74) is 7.95. The van der Waals surface area contributed by atoms with E-state index in [0.717, 1.165) is 28.3 Å². The first-order valence-electron chi connectivity index (χ1n) is 10.4. The van der Waals surface area contributed by atoms with Gasteiger partial charge >= 0.3 is 6.18 Å². The molecule has 0 bridgehead atoms. The molecule has 172 valence electrons. The van der Waals surface area contributed by atoms with Gasteiger partial charge in [-0.3, -0.25) is 0 Å². The van der Waals surface area contributed by atoms with E-state index in [4.69, 9.17) is 5.73 Å². The quantitative estimate of drug-likeness (QED) is 0.361. The van der Waals surface area contributed by atoms with Crippen LogP contribution in [0.2, 0.25) is 0 Å². The monoisotopic (exact) mass is 457 g/mol. The fourth-order valence-electron chi connectivity index (χ4n) is 4.20. The molecule has 0 spiro atoms. The first-order chi connectivity index (χ1) is 15.6. The number of anilines is 3. The average Bonchev–Trinajstić information content (AvgIpc) is 3.07. The van der Waals surface area contributed by atoms with Gasteiger partial charge in [0, 0.05) is 23.7 Å². The Labute approximate surface area is 188 Å². The van der Waals surface area contributed by atoms with Crippen LogP contribution in [0.5, 0.6) is 0 Å². The Morgan fingerprint density at radius 2 is 1.76 bits per heavy atom. The number of aryl methyl sites for hydroxylation is 3. The molecule has 0 aliphatic rings. The lowest BCUT2D eigenvalue weighted by Crippen LogP contribution is -2.25. The Hall–Kier alpha value is -3.62. The molecule has 0 aliphatic carbocycles. The number of fused-ring (bicyclic) bond motifs is 1. The zero-order valence-electron chi connectivity index (χ0n) is 18.4. The molecule has 0 aliphatic heterocycles. The topological polar surface area (TPSA) is 70.8 Å². The summed E-state index contributed by atoms with van der Waals surface area (Å²) in [7, 11) is 0. The number of hydrogen-bond donors (Lipinski definition) is 2. The van der Waals surface area contributed by atoms with Crippen molar-refractivity contribution in [3.05, 3.63) is 76.5 Å². The molecule has 33 heavy (non-hydrogen) atoms. The molecule has 0 unspecified atom stereocenters. The zero-order chi connectivity index (χ0) is 23.9. The zero-order valence-corrected chi connectivity index (χ0v) is 18.4. The summed E-state index contributed by atoms with van der Waals surface area (Å²) in [5.74, 6) is 0.398. The molecule has 3 N–H and O–H groups in total. The molecule has 4 aromatic rings. The van der Waals surface area contributed by atoms with Gasteiger partial charge in [-0.2, -0.15) is 13.2 Å². The molecule has 0 radical (unpaired) electrons. The van der Waals surface area contributed by atoms with E-state index >= 15 is 0 Å². The molecule has 0 saturated carbocycles. The van der Waals surface area contributed by atoms with Crippen molar-refractivity contribution < 1.29 is 17.6 Å². The Bertz CT molecular complexity index is 1310. The number of benzene rings is 2. The second-order valence-electron chi connectivity index (χ2n) is 7.96. The van der Waals surface area contributed by atoms with Crippen LogP contribution >= 0.6 is 0 Å². The number of H-pyrrole nitrogens is 1. The summed E-state index contributed by atoms with van der Waals surface area (Å²) >= 11 is 0. The predicted octanol–water partition coefficient (Wildman–Crippen LogP) is 6.00. The van der Waals surface area contributed by atoms with Crippen molar-refractivity contribution in [2.45, 2.75) is 33.4 Å². The number of nitrogens with two attached hydrogens (primary N) is 1. The van der Waals surface area contributed by atoms with E-state index in [9.17, 15) is 17.6 Å². The maximum Gasteiger partial charge on any atom is 0.418 e. The Kier molecular flexibility index (Phi) is 5.73. The van der Waals surface area contributed by atoms with Gasteiger partial charge in [0.15, 0.2) is 0 Å². The van der Waals surface area contributed by atoms with Gasteiger partial charge < -0.3 is 15.6 Å². The predicted molar refractivity (Wildman–Crippen MR) is 121 cm³/mol. The van der Waals surface area contributed by atoms with Crippen LogP contribution in [0.3, 0.4) is 0 Å². The van der Waals surface area contributed by atoms with Crippen LogP contribution in [-0.2, 0) is 12.6 Å². The lowest BCUT2D eigenvalue weighted by Gasteiger charge is -2.27. The first kappa shape index (κ1) is 22.6. The van der Waals surface area contributed by atoms with Gasteiger partial charge in [-0.25, -0.2) is 14.4 Å². The fraction of sp³-hybridized carbons (Fsp3) is 0.250. The van der Waals surface area contributed by atoms with Crippen molar-refractivity contribution >= 4 is 28.2 Å². The summed E-state index contributed by atoms with van der Waals surface area (Å²) in [5, 5.41) is 0.745. The minimum absolute atomic E-state index is 0.0390. The normalized spacial score (nSPS) is 11.8. The van der Waals surface area contributed by atoms with Gasteiger partial charge in [-0.05, 0) is 56.5 Å². The van der Waals surface area contributed by atoms with Gasteiger partial charge in [0.2, 0.25) is 0 Å². The molecule has 0 saturated heterocycles. The Morgan fingerprint density at radius 1 is 1.03 bits per heavy atom. The van der Waals surface area contributed by atoms with Crippen molar-refractivity contribution in [3.63, 3.8) is 0 Å². The number of aromatic nitrogens is 3. The van der Waals surface area contributed by atoms with E-state index in [0.29, 0.717) is 17.8 Å². The van der Waals surface area contributed by atoms with Crippen LogP contribution in [0, 0.1) is 26.6 Å². The van der Waals surface area contributed by atoms with Crippen molar-refractivity contribution in [2.75, 3.05) is 17.2 Å². The van der Waals surface area contributed by atoms with E-state index in [1.807, 2.05) is 13.8 Å². The minimum atomic E-state index is -4.56. The van der Waals surface area contributed by atoms with Crippen LogP contribution in [-0.4, -0.2) is 21.5 Å². The summed E-state index contributed by atoms with van der Waals surface area (Å²) < 4.78 is 55.9. The number of hydrogen-bond acceptors (Lipinski definition) is 4. The van der Waals surface area contributed by atoms with Crippen molar-refractivity contribution in [1.29, 1.82) is 0 Å². The van der Waals surface area contributed by atoms with E-state index in [-0.39, 0.29) is 29.7 Å². The van der Waals surface area contributed by atoms with Crippen molar-refractivity contribution in [3.8, 4) is 0 Å². The smallest absolute Gasteiger partial charge is 0.384 e. The maximum absolute atomic E-state index is 14.4. The van der Waals surface area contributed by atoms with Gasteiger partial charge in [0.25, 0.3) is 0 Å². The summed E-state index contributed by atoms with van der Waals surface area (Å²) in [6.07, 6.45) is -4.20. The van der Waals surface area contributed by atoms with Gasteiger partial charge in [0.1, 0.15) is 23.3 Å². The number of rotatable bonds is 5. The summed E-state index contributed by atoms with van der Waals surface area (Å²) in [6.45, 7) is 5.50. The highest BCUT2D eigenvalue weighted by Gasteiger charge is 2.35. The Morgan fingerprint density at radius 3 is 2.45 bits per heavy atom. The van der Waals surface area contributed by atoms with Crippen LogP contribution in [0.25, 0.3) is 10.9 Å². The Balaban J connectivity index is 1.82. The number of nitrogens with one attached hydrogen (secondary N) is 1. The molecule has 4 rings (SSSR count). The van der Waals surface area contributed by atoms with E-state index in [1.165, 1.54) is 29.2 Å². The molecule has 2 heterocycles. The number of para-hydroxylation sites is 1. The molecule has 0 atom stereocenters. The molecule has 0 amide bonds. The van der Waals surface area contributed by atoms with Crippen molar-refractivity contribution in [2.24, 2.45) is 0 Å². The lowest BCUT2D eigenvalue weighted by atomic mass is 10.0. The molecule has 2 aromatic carbocycles. The summed E-state index contributed by atoms with van der Waals surface area (Å²) in [4.78, 5) is 12.9. The number of nitrogen functional groups attached to an aromatic ring is 1. The van der Waals surface area contributed by atoms with Gasteiger partial charge in [0.05, 0.1) is 16.8 Å². The highest BCUT2D eigenvalue weighted by molar-refractivity contribution is 5.88. The number of alkyl halides is 3. The fourth-order valence-corrected chi connectivity index (χ4v) is 4.20. The van der Waals surface area contributed by atoms with E-state index < -0.39 is 11.7 Å². The number of aromatic amines is 1. The third-order valence-corrected chi connectivity index (χ3v) is 5.64. The highest BCUT2D eigenvalue weighted by Crippen LogP contribution is 2.39. The lowest BCUT2D eigenvalue weighted by molar-refractivity contribution is -0.137. The third-order valence-electron chi connectivity index (χ3n) is 5.64. The second kappa shape index (κ2) is 8.38. The number of halogens is 4. The van der Waals surface area contributed by atoms with Gasteiger partial charge in [-0.1, -0.05) is 18.2 Å². The molecular weight excluding hydrogens is 434 g/mol. The largest absolute Gasteiger partial charge is 0.418 e. The van der Waals surface area contributed by atoms with Crippen LogP contribution < -0.4 is 10.6 Å². The molecule has 9 heteroatoms. The van der Waals surface area contributed by atoms with E-state index in [2.05, 4.69) is 15.0 Å². The highest BCUT2D eigenvalue weighted by atomic mass is 19.4. The maximum atomic E-state index is 14.4. The van der Waals surface area contributed by atoms with E-state index in [1.54, 1.807) is 19.1 Å². The molecule has 0 fully saturated rings. The third kappa shape index (κ3) is 4.35. The van der Waals surface area contributed by atoms with Crippen LogP contribution in [0.15, 0.2) is 42.5 Å². The first-order valence-corrected chi connectivity index (χ1v) is 10.4. The minimum Gasteiger partial charge on any atom is -0.384 e. The molecule has 5 nitrogen and oxygen atoms in total. The van der Waals surface area contributed by atoms with Crippen LogP contribution in [0.4, 0.5) is 34.9 Å². The second-order valence-corrected chi connectivity index (χ2v) is 7.96. The van der Waals surface area contributed by atoms with Crippen LogP contribution in [0.1, 0.15) is 28.2 Å². The van der Waals surface area contributed by atoms with Gasteiger partial charge in [-0.15, -0.1) is 0 Å².